The number of rotatable bonds is 10. The number of methoxy groups -OCH3 is 1. The molecule has 2 aliphatic rings. The molecule has 198 valence electrons. The van der Waals surface area contributed by atoms with Crippen LogP contribution >= 0.6 is 0 Å². The Kier molecular flexibility index (Phi) is 9.82. The molecule has 7 nitrogen and oxygen atoms in total. The number of hydrogen-bond donors (Lipinski definition) is 1. The Labute approximate surface area is 215 Å². The van der Waals surface area contributed by atoms with E-state index in [0.717, 1.165) is 56.3 Å². The Hall–Kier alpha value is -2.38. The molecule has 0 unspecified atom stereocenters. The summed E-state index contributed by atoms with van der Waals surface area (Å²) in [5, 5.41) is 4.11. The van der Waals surface area contributed by atoms with E-state index in [2.05, 4.69) is 24.1 Å². The highest BCUT2D eigenvalue weighted by Crippen LogP contribution is 2.34. The van der Waals surface area contributed by atoms with E-state index in [1.54, 1.807) is 13.2 Å². The quantitative estimate of drug-likeness (QED) is 0.352. The van der Waals surface area contributed by atoms with Crippen molar-refractivity contribution < 1.29 is 19.0 Å². The number of amides is 1. The summed E-state index contributed by atoms with van der Waals surface area (Å²) in [7, 11) is 1.69. The number of nitrogens with one attached hydrogen (secondary N) is 1. The van der Waals surface area contributed by atoms with Gasteiger partial charge in [0.2, 0.25) is 0 Å². The van der Waals surface area contributed by atoms with Crippen molar-refractivity contribution >= 4 is 16.8 Å². The summed E-state index contributed by atoms with van der Waals surface area (Å²) in [5.41, 5.74) is 1.08. The predicted molar refractivity (Wildman–Crippen MR) is 143 cm³/mol. The van der Waals surface area contributed by atoms with E-state index < -0.39 is 0 Å². The van der Waals surface area contributed by atoms with Crippen molar-refractivity contribution in [2.45, 2.75) is 89.8 Å². The normalized spacial score (nSPS) is 19.8. The van der Waals surface area contributed by atoms with Crippen LogP contribution in [0.2, 0.25) is 0 Å². The molecule has 2 heterocycles. The summed E-state index contributed by atoms with van der Waals surface area (Å²) in [6, 6.07) is 8.33. The van der Waals surface area contributed by atoms with E-state index in [0.29, 0.717) is 36.2 Å². The molecule has 1 aromatic carbocycles. The van der Waals surface area contributed by atoms with E-state index >= 15 is 0 Å². The molecule has 2 fully saturated rings. The fraction of sp³-hybridized carbons (Fsp3) is 0.655. The zero-order valence-electron chi connectivity index (χ0n) is 22.3. The molecule has 0 radical (unpaired) electrons. The van der Waals surface area contributed by atoms with Crippen molar-refractivity contribution in [1.82, 2.24) is 15.2 Å². The van der Waals surface area contributed by atoms with Crippen LogP contribution in [0.4, 0.5) is 0 Å². The van der Waals surface area contributed by atoms with Gasteiger partial charge in [0.15, 0.2) is 0 Å². The van der Waals surface area contributed by atoms with E-state index in [-0.39, 0.29) is 18.1 Å². The van der Waals surface area contributed by atoms with Gasteiger partial charge in [-0.2, -0.15) is 0 Å². The smallest absolute Gasteiger partial charge is 0.270 e. The van der Waals surface area contributed by atoms with E-state index in [4.69, 9.17) is 19.2 Å². The van der Waals surface area contributed by atoms with Gasteiger partial charge in [0.25, 0.3) is 5.91 Å². The monoisotopic (exact) mass is 497 g/mol. The summed E-state index contributed by atoms with van der Waals surface area (Å²) in [6.45, 7) is 7.50. The Balaban J connectivity index is 1.60. The predicted octanol–water partition coefficient (Wildman–Crippen LogP) is 5.35. The largest absolute Gasteiger partial charge is 0.493 e. The van der Waals surface area contributed by atoms with E-state index in [1.807, 2.05) is 18.2 Å². The number of pyridine rings is 1. The molecule has 1 aromatic heterocycles. The molecule has 1 atom stereocenters. The first-order chi connectivity index (χ1) is 17.5. The number of para-hydroxylation sites is 1. The highest BCUT2D eigenvalue weighted by atomic mass is 16.5. The van der Waals surface area contributed by atoms with Gasteiger partial charge in [-0.25, -0.2) is 4.98 Å². The van der Waals surface area contributed by atoms with E-state index in [1.165, 1.54) is 25.7 Å². The number of hydrogen-bond acceptors (Lipinski definition) is 6. The maximum atomic E-state index is 13.4. The third-order valence-corrected chi connectivity index (χ3v) is 7.36. The van der Waals surface area contributed by atoms with Gasteiger partial charge < -0.3 is 19.5 Å². The number of carbonyl (C=O) groups excluding carboxylic acids is 1. The van der Waals surface area contributed by atoms with Gasteiger partial charge in [-0.05, 0) is 71.0 Å². The third-order valence-electron chi connectivity index (χ3n) is 7.36. The molecule has 2 aromatic rings. The van der Waals surface area contributed by atoms with Crippen molar-refractivity contribution in [3.05, 3.63) is 30.0 Å². The van der Waals surface area contributed by atoms with Gasteiger partial charge in [0, 0.05) is 50.2 Å². The zero-order valence-corrected chi connectivity index (χ0v) is 22.3. The Bertz CT molecular complexity index is 988. The minimum Gasteiger partial charge on any atom is -0.493 e. The molecule has 1 amide bonds. The van der Waals surface area contributed by atoms with Crippen LogP contribution in [0, 0.1) is 0 Å². The van der Waals surface area contributed by atoms with Gasteiger partial charge in [-0.1, -0.05) is 18.9 Å². The third kappa shape index (κ3) is 7.10. The van der Waals surface area contributed by atoms with Gasteiger partial charge >= 0.3 is 0 Å². The van der Waals surface area contributed by atoms with E-state index in [9.17, 15) is 4.79 Å². The van der Waals surface area contributed by atoms with Crippen LogP contribution in [-0.2, 0) is 4.74 Å². The van der Waals surface area contributed by atoms with Crippen LogP contribution in [-0.4, -0.2) is 67.4 Å². The number of fused-ring (bicyclic) bond motifs is 1. The molecule has 7 heteroatoms. The Morgan fingerprint density at radius 2 is 1.89 bits per heavy atom. The van der Waals surface area contributed by atoms with Crippen LogP contribution in [0.25, 0.3) is 10.9 Å². The summed E-state index contributed by atoms with van der Waals surface area (Å²) in [5.74, 6) is 1.25. The van der Waals surface area contributed by atoms with Crippen LogP contribution < -0.4 is 14.8 Å². The van der Waals surface area contributed by atoms with Crippen LogP contribution in [0.3, 0.4) is 0 Å². The summed E-state index contributed by atoms with van der Waals surface area (Å²) >= 11 is 0. The first kappa shape index (κ1) is 26.7. The number of carbonyl (C=O) groups is 1. The molecule has 1 saturated heterocycles. The van der Waals surface area contributed by atoms with Crippen molar-refractivity contribution in [3.8, 4) is 11.5 Å². The summed E-state index contributed by atoms with van der Waals surface area (Å²) in [6.07, 6.45) is 10.1. The molecule has 1 aliphatic heterocycles. The van der Waals surface area contributed by atoms with Gasteiger partial charge in [0.05, 0.1) is 12.7 Å². The second-order valence-electron chi connectivity index (χ2n) is 10.5. The number of nitrogens with zero attached hydrogens (tertiary/aromatic N) is 2. The lowest BCUT2D eigenvalue weighted by molar-refractivity contribution is 0.0881. The number of likely N-dealkylation sites (tertiary alicyclic amines) is 1. The fourth-order valence-electron chi connectivity index (χ4n) is 5.30. The minimum absolute atomic E-state index is 0.120. The van der Waals surface area contributed by atoms with Gasteiger partial charge in [0.1, 0.15) is 22.7 Å². The number of aromatic nitrogens is 1. The Morgan fingerprint density at radius 1 is 1.08 bits per heavy atom. The topological polar surface area (TPSA) is 72.9 Å². The van der Waals surface area contributed by atoms with Gasteiger partial charge in [-0.3, -0.25) is 9.69 Å². The summed E-state index contributed by atoms with van der Waals surface area (Å²) in [4.78, 5) is 20.7. The van der Waals surface area contributed by atoms with Crippen molar-refractivity contribution in [3.63, 3.8) is 0 Å². The number of benzene rings is 1. The minimum atomic E-state index is -0.154. The van der Waals surface area contributed by atoms with Crippen LogP contribution in [0.1, 0.15) is 82.1 Å². The summed E-state index contributed by atoms with van der Waals surface area (Å²) < 4.78 is 17.8. The molecule has 1 saturated carbocycles. The van der Waals surface area contributed by atoms with Crippen LogP contribution in [0.15, 0.2) is 24.3 Å². The molecule has 1 N–H and O–H groups in total. The fourth-order valence-corrected chi connectivity index (χ4v) is 5.30. The second-order valence-corrected chi connectivity index (χ2v) is 10.5. The highest BCUT2D eigenvalue weighted by Gasteiger charge is 2.25. The second kappa shape index (κ2) is 13.2. The van der Waals surface area contributed by atoms with Crippen molar-refractivity contribution in [1.29, 1.82) is 0 Å². The zero-order chi connectivity index (χ0) is 25.3. The molecular formula is C29H43N3O4. The average Bonchev–Trinajstić information content (AvgIpc) is 3.15. The lowest BCUT2D eigenvalue weighted by Gasteiger charge is -2.35. The Morgan fingerprint density at radius 3 is 2.64 bits per heavy atom. The molecule has 4 rings (SSSR count). The standard InChI is InChI=1S/C29H43N3O4/c1-21(2)32-16-9-11-22(20-32)30-29(33)25-19-27(35-18-10-17-34-3)24-14-8-15-26(28(24)31-25)36-23-12-6-4-5-7-13-23/h8,14-15,19,21-23H,4-7,9-13,16-18,20H2,1-3H3,(H,30,33)/t22-/m1/s1. The average molecular weight is 498 g/mol. The SMILES string of the molecule is COCCCOc1cc(C(=O)N[C@@H]2CCCN(C(C)C)C2)nc2c(OC3CCCCCC3)cccc12. The lowest BCUT2D eigenvalue weighted by Crippen LogP contribution is -2.49. The van der Waals surface area contributed by atoms with Crippen molar-refractivity contribution in [2.24, 2.45) is 0 Å². The number of ether oxygens (including phenoxy) is 3. The van der Waals surface area contributed by atoms with Crippen molar-refractivity contribution in [2.75, 3.05) is 33.4 Å². The molecular weight excluding hydrogens is 454 g/mol. The lowest BCUT2D eigenvalue weighted by atomic mass is 10.0. The highest BCUT2D eigenvalue weighted by molar-refractivity contribution is 5.98. The van der Waals surface area contributed by atoms with Crippen LogP contribution in [0.5, 0.6) is 11.5 Å². The molecule has 0 bridgehead atoms. The molecule has 36 heavy (non-hydrogen) atoms. The maximum Gasteiger partial charge on any atom is 0.270 e. The van der Waals surface area contributed by atoms with Gasteiger partial charge in [-0.15, -0.1) is 0 Å². The maximum absolute atomic E-state index is 13.4. The molecule has 0 spiro atoms. The number of piperidine rings is 1. The first-order valence-electron chi connectivity index (χ1n) is 13.8. The molecule has 1 aliphatic carbocycles. The first-order valence-corrected chi connectivity index (χ1v) is 13.8.